The van der Waals surface area contributed by atoms with Gasteiger partial charge in [0.25, 0.3) is 0 Å². The first-order chi connectivity index (χ1) is 9.72. The van der Waals surface area contributed by atoms with E-state index in [0.29, 0.717) is 12.5 Å². The van der Waals surface area contributed by atoms with E-state index in [1.165, 1.54) is 5.56 Å². The van der Waals surface area contributed by atoms with Gasteiger partial charge in [-0.15, -0.1) is 0 Å². The fourth-order valence-electron chi connectivity index (χ4n) is 2.74. The molecule has 1 aromatic rings. The third-order valence-corrected chi connectivity index (χ3v) is 3.98. The minimum Gasteiger partial charge on any atom is -0.497 e. The van der Waals surface area contributed by atoms with E-state index in [4.69, 9.17) is 4.74 Å². The number of carbonyl (C=O) groups is 1. The van der Waals surface area contributed by atoms with Crippen molar-refractivity contribution in [2.75, 3.05) is 33.8 Å². The quantitative estimate of drug-likeness (QED) is 0.890. The number of amides is 1. The number of rotatable bonds is 5. The van der Waals surface area contributed by atoms with E-state index < -0.39 is 0 Å². The Morgan fingerprint density at radius 2 is 1.95 bits per heavy atom. The van der Waals surface area contributed by atoms with Gasteiger partial charge in [-0.25, -0.2) is 0 Å². The molecular formula is C16H24N2O2. The fourth-order valence-corrected chi connectivity index (χ4v) is 2.74. The Morgan fingerprint density at radius 1 is 1.30 bits per heavy atom. The van der Waals surface area contributed by atoms with Crippen LogP contribution >= 0.6 is 0 Å². The molecule has 0 unspecified atom stereocenters. The van der Waals surface area contributed by atoms with Crippen LogP contribution in [0.1, 0.15) is 18.4 Å². The number of likely N-dealkylation sites (tertiary alicyclic amines) is 1. The van der Waals surface area contributed by atoms with E-state index in [9.17, 15) is 4.79 Å². The van der Waals surface area contributed by atoms with Crippen molar-refractivity contribution in [3.63, 3.8) is 0 Å². The molecule has 0 aromatic heterocycles. The molecule has 1 aromatic carbocycles. The maximum absolute atomic E-state index is 11.8. The Kier molecular flexibility index (Phi) is 5.41. The van der Waals surface area contributed by atoms with Gasteiger partial charge < -0.3 is 15.0 Å². The monoisotopic (exact) mass is 276 g/mol. The van der Waals surface area contributed by atoms with Crippen LogP contribution in [0.4, 0.5) is 0 Å². The number of hydrogen-bond donors (Lipinski definition) is 1. The number of likely N-dealkylation sites (N-methyl/N-ethyl adjacent to an activating group) is 1. The first-order valence-corrected chi connectivity index (χ1v) is 7.28. The number of ether oxygens (including phenoxy) is 1. The summed E-state index contributed by atoms with van der Waals surface area (Å²) in [5, 5.41) is 2.92. The molecule has 1 amide bonds. The summed E-state index contributed by atoms with van der Waals surface area (Å²) in [6, 6.07) is 8.30. The van der Waals surface area contributed by atoms with Gasteiger partial charge >= 0.3 is 0 Å². The Balaban J connectivity index is 1.80. The molecule has 20 heavy (non-hydrogen) atoms. The van der Waals surface area contributed by atoms with Crippen LogP contribution in [-0.2, 0) is 11.2 Å². The highest BCUT2D eigenvalue weighted by molar-refractivity contribution is 5.78. The molecule has 0 spiro atoms. The van der Waals surface area contributed by atoms with Crippen LogP contribution in [0.5, 0.6) is 5.75 Å². The maximum atomic E-state index is 11.8. The SMILES string of the molecule is CNCC(=O)N1CCC(Cc2ccc(OC)cc2)CC1. The van der Waals surface area contributed by atoms with Crippen LogP contribution in [0.2, 0.25) is 0 Å². The van der Waals surface area contributed by atoms with Crippen molar-refractivity contribution in [3.8, 4) is 5.75 Å². The number of nitrogens with one attached hydrogen (secondary N) is 1. The molecule has 0 atom stereocenters. The third-order valence-electron chi connectivity index (χ3n) is 3.98. The van der Waals surface area contributed by atoms with Gasteiger partial charge in [0.05, 0.1) is 13.7 Å². The third kappa shape index (κ3) is 3.97. The zero-order chi connectivity index (χ0) is 14.4. The minimum atomic E-state index is 0.218. The van der Waals surface area contributed by atoms with Crippen molar-refractivity contribution >= 4 is 5.91 Å². The van der Waals surface area contributed by atoms with E-state index in [2.05, 4.69) is 17.4 Å². The maximum Gasteiger partial charge on any atom is 0.236 e. The first kappa shape index (κ1) is 14.9. The molecule has 110 valence electrons. The van der Waals surface area contributed by atoms with Gasteiger partial charge in [-0.2, -0.15) is 0 Å². The molecule has 1 heterocycles. The van der Waals surface area contributed by atoms with Gasteiger partial charge in [0, 0.05) is 13.1 Å². The number of nitrogens with zero attached hydrogens (tertiary/aromatic N) is 1. The molecule has 1 saturated heterocycles. The molecule has 1 fully saturated rings. The minimum absolute atomic E-state index is 0.218. The van der Waals surface area contributed by atoms with Crippen LogP contribution in [0, 0.1) is 5.92 Å². The molecule has 4 nitrogen and oxygen atoms in total. The highest BCUT2D eigenvalue weighted by atomic mass is 16.5. The number of benzene rings is 1. The zero-order valence-electron chi connectivity index (χ0n) is 12.4. The molecule has 0 radical (unpaired) electrons. The second-order valence-corrected chi connectivity index (χ2v) is 5.41. The average Bonchev–Trinajstić information content (AvgIpc) is 2.49. The Hall–Kier alpha value is -1.55. The lowest BCUT2D eigenvalue weighted by Gasteiger charge is -2.32. The van der Waals surface area contributed by atoms with Crippen LogP contribution in [-0.4, -0.2) is 44.6 Å². The predicted octanol–water partition coefficient (Wildman–Crippen LogP) is 1.70. The van der Waals surface area contributed by atoms with Crippen molar-refractivity contribution in [1.82, 2.24) is 10.2 Å². The molecule has 0 aliphatic carbocycles. The molecule has 1 aliphatic heterocycles. The van der Waals surface area contributed by atoms with Crippen molar-refractivity contribution < 1.29 is 9.53 Å². The molecule has 1 aliphatic rings. The van der Waals surface area contributed by atoms with Crippen LogP contribution in [0.15, 0.2) is 24.3 Å². The van der Waals surface area contributed by atoms with Gasteiger partial charge in [0.2, 0.25) is 5.91 Å². The Labute approximate surface area is 121 Å². The summed E-state index contributed by atoms with van der Waals surface area (Å²) in [5.74, 6) is 1.80. The first-order valence-electron chi connectivity index (χ1n) is 7.28. The molecule has 2 rings (SSSR count). The number of methoxy groups -OCH3 is 1. The topological polar surface area (TPSA) is 41.6 Å². The Morgan fingerprint density at radius 3 is 2.50 bits per heavy atom. The zero-order valence-corrected chi connectivity index (χ0v) is 12.4. The van der Waals surface area contributed by atoms with Crippen molar-refractivity contribution in [1.29, 1.82) is 0 Å². The highest BCUT2D eigenvalue weighted by Crippen LogP contribution is 2.22. The van der Waals surface area contributed by atoms with Crippen LogP contribution < -0.4 is 10.1 Å². The van der Waals surface area contributed by atoms with Gasteiger partial charge in [0.1, 0.15) is 5.75 Å². The summed E-state index contributed by atoms with van der Waals surface area (Å²) < 4.78 is 5.17. The average molecular weight is 276 g/mol. The van der Waals surface area contributed by atoms with Gasteiger partial charge in [-0.05, 0) is 49.9 Å². The van der Waals surface area contributed by atoms with Gasteiger partial charge in [-0.1, -0.05) is 12.1 Å². The summed E-state index contributed by atoms with van der Waals surface area (Å²) in [5.41, 5.74) is 1.35. The summed E-state index contributed by atoms with van der Waals surface area (Å²) in [6.07, 6.45) is 3.29. The predicted molar refractivity (Wildman–Crippen MR) is 79.9 cm³/mol. The van der Waals surface area contributed by atoms with E-state index in [-0.39, 0.29) is 5.91 Å². The van der Waals surface area contributed by atoms with Crippen molar-refractivity contribution in [2.24, 2.45) is 5.92 Å². The summed E-state index contributed by atoms with van der Waals surface area (Å²) in [6.45, 7) is 2.23. The number of carbonyl (C=O) groups excluding carboxylic acids is 1. The summed E-state index contributed by atoms with van der Waals surface area (Å²) in [4.78, 5) is 13.8. The second-order valence-electron chi connectivity index (χ2n) is 5.41. The highest BCUT2D eigenvalue weighted by Gasteiger charge is 2.22. The summed E-state index contributed by atoms with van der Waals surface area (Å²) in [7, 11) is 3.50. The van der Waals surface area contributed by atoms with E-state index in [1.54, 1.807) is 7.11 Å². The molecule has 4 heteroatoms. The van der Waals surface area contributed by atoms with E-state index in [0.717, 1.165) is 38.1 Å². The Bertz CT molecular complexity index is 423. The van der Waals surface area contributed by atoms with Crippen molar-refractivity contribution in [2.45, 2.75) is 19.3 Å². The lowest BCUT2D eigenvalue weighted by atomic mass is 9.90. The number of piperidine rings is 1. The largest absolute Gasteiger partial charge is 0.497 e. The standard InChI is InChI=1S/C16H24N2O2/c1-17-12-16(19)18-9-7-14(8-10-18)11-13-3-5-15(20-2)6-4-13/h3-6,14,17H,7-12H2,1-2H3. The smallest absolute Gasteiger partial charge is 0.236 e. The van der Waals surface area contributed by atoms with Gasteiger partial charge in [-0.3, -0.25) is 4.79 Å². The van der Waals surface area contributed by atoms with E-state index in [1.807, 2.05) is 24.1 Å². The van der Waals surface area contributed by atoms with Crippen LogP contribution in [0.25, 0.3) is 0 Å². The molecule has 1 N–H and O–H groups in total. The molecular weight excluding hydrogens is 252 g/mol. The van der Waals surface area contributed by atoms with Crippen LogP contribution in [0.3, 0.4) is 0 Å². The van der Waals surface area contributed by atoms with E-state index >= 15 is 0 Å². The second kappa shape index (κ2) is 7.29. The lowest BCUT2D eigenvalue weighted by Crippen LogP contribution is -2.42. The normalized spacial score (nSPS) is 16.2. The van der Waals surface area contributed by atoms with Crippen molar-refractivity contribution in [3.05, 3.63) is 29.8 Å². The lowest BCUT2D eigenvalue weighted by molar-refractivity contribution is -0.131. The summed E-state index contributed by atoms with van der Waals surface area (Å²) >= 11 is 0. The fraction of sp³-hybridized carbons (Fsp3) is 0.562. The molecule has 0 saturated carbocycles. The van der Waals surface area contributed by atoms with Gasteiger partial charge in [0.15, 0.2) is 0 Å². The number of hydrogen-bond acceptors (Lipinski definition) is 3. The molecule has 0 bridgehead atoms.